The summed E-state index contributed by atoms with van der Waals surface area (Å²) in [6, 6.07) is 10.0. The molecule has 0 fully saturated rings. The molecule has 2 heterocycles. The van der Waals surface area contributed by atoms with Crippen LogP contribution in [0.3, 0.4) is 0 Å². The molecule has 5 nitrogen and oxygen atoms in total. The Balaban J connectivity index is 1.49. The van der Waals surface area contributed by atoms with Crippen molar-refractivity contribution in [1.82, 2.24) is 14.9 Å². The van der Waals surface area contributed by atoms with Crippen molar-refractivity contribution in [3.05, 3.63) is 62.5 Å². The van der Waals surface area contributed by atoms with Gasteiger partial charge in [0.15, 0.2) is 0 Å². The first kappa shape index (κ1) is 19.3. The molecule has 28 heavy (non-hydrogen) atoms. The van der Waals surface area contributed by atoms with E-state index >= 15 is 0 Å². The second-order valence-corrected chi connectivity index (χ2v) is 8.66. The normalized spacial score (nSPS) is 15.1. The summed E-state index contributed by atoms with van der Waals surface area (Å²) in [5.41, 5.74) is 2.33. The van der Waals surface area contributed by atoms with Gasteiger partial charge >= 0.3 is 0 Å². The van der Waals surface area contributed by atoms with Gasteiger partial charge < -0.3 is 10.1 Å². The summed E-state index contributed by atoms with van der Waals surface area (Å²) < 4.78 is 0. The van der Waals surface area contributed by atoms with Gasteiger partial charge in [0, 0.05) is 11.4 Å². The number of benzene rings is 1. The molecular formula is C22H27N3O2S. The van der Waals surface area contributed by atoms with Gasteiger partial charge in [0.1, 0.15) is 10.7 Å². The molecular weight excluding hydrogens is 370 g/mol. The Hall–Kier alpha value is -2.02. The molecule has 1 atom stereocenters. The molecule has 1 aromatic carbocycles. The second kappa shape index (κ2) is 8.55. The van der Waals surface area contributed by atoms with E-state index in [0.29, 0.717) is 25.3 Å². The Morgan fingerprint density at radius 1 is 1.25 bits per heavy atom. The highest BCUT2D eigenvalue weighted by molar-refractivity contribution is 7.18. The smallest absolute Gasteiger partial charge is 0.259 e. The molecule has 0 spiro atoms. The number of likely N-dealkylation sites (N-methyl/N-ethyl adjacent to an activating group) is 1. The number of aromatic amines is 1. The van der Waals surface area contributed by atoms with Crippen LogP contribution in [0.15, 0.2) is 35.1 Å². The van der Waals surface area contributed by atoms with E-state index in [4.69, 9.17) is 4.98 Å². The first-order chi connectivity index (χ1) is 13.6. The lowest BCUT2D eigenvalue weighted by atomic mass is 9.97. The second-order valence-electron chi connectivity index (χ2n) is 7.57. The summed E-state index contributed by atoms with van der Waals surface area (Å²) >= 11 is 1.68. The number of aliphatic hydroxyl groups excluding tert-OH is 1. The zero-order valence-corrected chi connectivity index (χ0v) is 17.1. The Kier molecular flexibility index (Phi) is 5.90. The first-order valence-corrected chi connectivity index (χ1v) is 10.9. The summed E-state index contributed by atoms with van der Waals surface area (Å²) in [6.07, 6.45) is 4.59. The lowest BCUT2D eigenvalue weighted by molar-refractivity contribution is 0.110. The first-order valence-electron chi connectivity index (χ1n) is 10.1. The third-order valence-corrected chi connectivity index (χ3v) is 6.66. The van der Waals surface area contributed by atoms with E-state index in [1.807, 2.05) is 30.3 Å². The van der Waals surface area contributed by atoms with Crippen molar-refractivity contribution in [2.45, 2.75) is 51.7 Å². The molecule has 1 aliphatic rings. The van der Waals surface area contributed by atoms with Crippen molar-refractivity contribution in [2.75, 3.05) is 13.1 Å². The Morgan fingerprint density at radius 2 is 2.04 bits per heavy atom. The molecule has 0 amide bonds. The molecule has 0 radical (unpaired) electrons. The zero-order valence-electron chi connectivity index (χ0n) is 16.3. The van der Waals surface area contributed by atoms with E-state index in [-0.39, 0.29) is 5.56 Å². The van der Waals surface area contributed by atoms with Gasteiger partial charge in [-0.3, -0.25) is 9.69 Å². The number of hydrogen-bond acceptors (Lipinski definition) is 5. The van der Waals surface area contributed by atoms with Gasteiger partial charge in [-0.05, 0) is 49.8 Å². The van der Waals surface area contributed by atoms with Crippen LogP contribution in [0.4, 0.5) is 0 Å². The largest absolute Gasteiger partial charge is 0.391 e. The molecule has 6 heteroatoms. The monoisotopic (exact) mass is 397 g/mol. The third kappa shape index (κ3) is 4.19. The summed E-state index contributed by atoms with van der Waals surface area (Å²) in [6.45, 7) is 3.94. The predicted molar refractivity (Wildman–Crippen MR) is 114 cm³/mol. The van der Waals surface area contributed by atoms with Gasteiger partial charge in [0.2, 0.25) is 0 Å². The molecule has 0 aliphatic heterocycles. The molecule has 4 rings (SSSR count). The number of H-pyrrole nitrogens is 1. The van der Waals surface area contributed by atoms with Crippen LogP contribution in [-0.2, 0) is 25.8 Å². The van der Waals surface area contributed by atoms with Gasteiger partial charge in [-0.25, -0.2) is 4.98 Å². The van der Waals surface area contributed by atoms with Crippen LogP contribution in [0.25, 0.3) is 10.2 Å². The predicted octanol–water partition coefficient (Wildman–Crippen LogP) is 3.29. The fourth-order valence-corrected chi connectivity index (χ4v) is 5.33. The lowest BCUT2D eigenvalue weighted by Crippen LogP contribution is -2.34. The fourth-order valence-electron chi connectivity index (χ4n) is 4.05. The number of hydrogen-bond donors (Lipinski definition) is 2. The fraction of sp³-hybridized carbons (Fsp3) is 0.455. The van der Waals surface area contributed by atoms with Gasteiger partial charge in [-0.15, -0.1) is 11.3 Å². The highest BCUT2D eigenvalue weighted by Gasteiger charge is 2.20. The topological polar surface area (TPSA) is 69.2 Å². The number of thiophene rings is 1. The van der Waals surface area contributed by atoms with Crippen LogP contribution in [0, 0.1) is 0 Å². The standard InChI is InChI=1S/C22H27N3O2S/c1-2-25(13-16(26)12-15-8-4-3-5-9-15)14-19-23-21(27)20-17-10-6-7-11-18(17)28-22(20)24-19/h3-5,8-9,16,26H,2,6-7,10-14H2,1H3,(H,23,24,27). The average Bonchev–Trinajstić information content (AvgIpc) is 3.07. The molecule has 1 unspecified atom stereocenters. The molecule has 0 saturated heterocycles. The quantitative estimate of drug-likeness (QED) is 0.642. The van der Waals surface area contributed by atoms with E-state index in [2.05, 4.69) is 16.8 Å². The highest BCUT2D eigenvalue weighted by Crippen LogP contribution is 2.33. The van der Waals surface area contributed by atoms with E-state index in [0.717, 1.165) is 41.6 Å². The van der Waals surface area contributed by atoms with Gasteiger partial charge in [-0.1, -0.05) is 37.3 Å². The van der Waals surface area contributed by atoms with Crippen LogP contribution < -0.4 is 5.56 Å². The summed E-state index contributed by atoms with van der Waals surface area (Å²) in [5, 5.41) is 11.3. The number of aryl methyl sites for hydroxylation is 2. The van der Waals surface area contributed by atoms with Crippen molar-refractivity contribution in [3.63, 3.8) is 0 Å². The van der Waals surface area contributed by atoms with E-state index < -0.39 is 6.10 Å². The van der Waals surface area contributed by atoms with Gasteiger partial charge in [-0.2, -0.15) is 0 Å². The Bertz CT molecular complexity index is 996. The van der Waals surface area contributed by atoms with Crippen molar-refractivity contribution in [3.8, 4) is 0 Å². The van der Waals surface area contributed by atoms with E-state index in [1.165, 1.54) is 16.9 Å². The molecule has 2 N–H and O–H groups in total. The summed E-state index contributed by atoms with van der Waals surface area (Å²) in [4.78, 5) is 24.8. The van der Waals surface area contributed by atoms with Crippen LogP contribution in [0.2, 0.25) is 0 Å². The van der Waals surface area contributed by atoms with Crippen LogP contribution >= 0.6 is 11.3 Å². The summed E-state index contributed by atoms with van der Waals surface area (Å²) in [5.74, 6) is 0.685. The molecule has 2 aromatic heterocycles. The minimum absolute atomic E-state index is 0.0136. The molecule has 3 aromatic rings. The molecule has 1 aliphatic carbocycles. The zero-order chi connectivity index (χ0) is 19.5. The van der Waals surface area contributed by atoms with Crippen molar-refractivity contribution in [2.24, 2.45) is 0 Å². The third-order valence-electron chi connectivity index (χ3n) is 5.48. The number of nitrogens with one attached hydrogen (secondary N) is 1. The SMILES string of the molecule is CCN(Cc1nc2sc3c(c2c(=O)[nH]1)CCCC3)CC(O)Cc1ccccc1. The minimum Gasteiger partial charge on any atom is -0.391 e. The minimum atomic E-state index is -0.452. The van der Waals surface area contributed by atoms with E-state index in [1.54, 1.807) is 11.3 Å². The number of rotatable bonds is 7. The van der Waals surface area contributed by atoms with Crippen LogP contribution in [0.1, 0.15) is 41.6 Å². The molecule has 0 saturated carbocycles. The number of aliphatic hydroxyl groups is 1. The Labute approximate surface area is 169 Å². The van der Waals surface area contributed by atoms with E-state index in [9.17, 15) is 9.90 Å². The lowest BCUT2D eigenvalue weighted by Gasteiger charge is -2.23. The van der Waals surface area contributed by atoms with Gasteiger partial charge in [0.05, 0.1) is 18.0 Å². The maximum absolute atomic E-state index is 12.7. The maximum Gasteiger partial charge on any atom is 0.259 e. The van der Waals surface area contributed by atoms with Crippen molar-refractivity contribution in [1.29, 1.82) is 0 Å². The average molecular weight is 398 g/mol. The number of fused-ring (bicyclic) bond motifs is 3. The number of nitrogens with zero attached hydrogens (tertiary/aromatic N) is 2. The van der Waals surface area contributed by atoms with Crippen molar-refractivity contribution < 1.29 is 5.11 Å². The highest BCUT2D eigenvalue weighted by atomic mass is 32.1. The molecule has 0 bridgehead atoms. The van der Waals surface area contributed by atoms with Crippen LogP contribution in [-0.4, -0.2) is 39.2 Å². The number of aromatic nitrogens is 2. The molecule has 148 valence electrons. The maximum atomic E-state index is 12.7. The van der Waals surface area contributed by atoms with Gasteiger partial charge in [0.25, 0.3) is 5.56 Å². The summed E-state index contributed by atoms with van der Waals surface area (Å²) in [7, 11) is 0. The van der Waals surface area contributed by atoms with Crippen LogP contribution in [0.5, 0.6) is 0 Å². The van der Waals surface area contributed by atoms with Crippen molar-refractivity contribution >= 4 is 21.6 Å². The Morgan fingerprint density at radius 3 is 2.82 bits per heavy atom.